The van der Waals surface area contributed by atoms with Gasteiger partial charge in [0.25, 0.3) is 5.91 Å². The number of anilines is 1. The second-order valence-corrected chi connectivity index (χ2v) is 8.74. The molecule has 8 heteroatoms. The number of aromatic nitrogens is 2. The van der Waals surface area contributed by atoms with Crippen LogP contribution in [-0.2, 0) is 0 Å². The molecule has 0 aliphatic heterocycles. The van der Waals surface area contributed by atoms with Gasteiger partial charge in [0.05, 0.1) is 12.7 Å². The van der Waals surface area contributed by atoms with E-state index in [9.17, 15) is 4.79 Å². The molecule has 1 unspecified atom stereocenters. The monoisotopic (exact) mass is 486 g/mol. The average molecular weight is 487 g/mol. The number of hydrogen-bond donors (Lipinski definition) is 1. The van der Waals surface area contributed by atoms with Gasteiger partial charge in [0.2, 0.25) is 11.7 Å². The van der Waals surface area contributed by atoms with Crippen LogP contribution in [0.3, 0.4) is 0 Å². The maximum atomic E-state index is 13.2. The van der Waals surface area contributed by atoms with Crippen LogP contribution >= 0.6 is 0 Å². The highest BCUT2D eigenvalue weighted by atomic mass is 16.5. The number of carbonyl (C=O) groups is 1. The van der Waals surface area contributed by atoms with Crippen molar-refractivity contribution < 1.29 is 18.8 Å². The van der Waals surface area contributed by atoms with E-state index in [0.29, 0.717) is 28.7 Å². The first-order valence-electron chi connectivity index (χ1n) is 11.6. The zero-order valence-electron chi connectivity index (χ0n) is 21.3. The fourth-order valence-electron chi connectivity index (χ4n) is 3.68. The summed E-state index contributed by atoms with van der Waals surface area (Å²) in [6.45, 7) is 5.73. The molecule has 1 aromatic heterocycles. The molecular weight excluding hydrogens is 456 g/mol. The first-order chi connectivity index (χ1) is 17.2. The van der Waals surface area contributed by atoms with Crippen LogP contribution in [0.2, 0.25) is 0 Å². The van der Waals surface area contributed by atoms with Crippen molar-refractivity contribution in [3.8, 4) is 34.0 Å². The van der Waals surface area contributed by atoms with Crippen LogP contribution in [0.1, 0.15) is 28.7 Å². The fraction of sp³-hybridized carbons (Fsp3) is 0.250. The van der Waals surface area contributed by atoms with E-state index in [2.05, 4.69) is 15.5 Å². The summed E-state index contributed by atoms with van der Waals surface area (Å²) >= 11 is 0. The molecule has 36 heavy (non-hydrogen) atoms. The van der Waals surface area contributed by atoms with Crippen molar-refractivity contribution in [1.29, 1.82) is 0 Å². The van der Waals surface area contributed by atoms with Gasteiger partial charge < -0.3 is 19.3 Å². The quantitative estimate of drug-likeness (QED) is 0.326. The second-order valence-electron chi connectivity index (χ2n) is 8.74. The van der Waals surface area contributed by atoms with Crippen molar-refractivity contribution in [2.24, 2.45) is 0 Å². The molecule has 4 rings (SSSR count). The smallest absolute Gasteiger partial charge is 0.259 e. The minimum atomic E-state index is -0.257. The molecule has 1 amide bonds. The third kappa shape index (κ3) is 5.55. The van der Waals surface area contributed by atoms with E-state index in [1.54, 1.807) is 44.4 Å². The third-order valence-corrected chi connectivity index (χ3v) is 5.92. The minimum absolute atomic E-state index is 0.238. The molecule has 1 N–H and O–H groups in total. The summed E-state index contributed by atoms with van der Waals surface area (Å²) in [6, 6.07) is 18.8. The molecule has 4 aromatic rings. The second kappa shape index (κ2) is 10.6. The molecule has 0 saturated carbocycles. The number of hydrogen-bond acceptors (Lipinski definition) is 7. The van der Waals surface area contributed by atoms with Crippen LogP contribution in [0.5, 0.6) is 11.5 Å². The van der Waals surface area contributed by atoms with E-state index in [-0.39, 0.29) is 12.1 Å². The van der Waals surface area contributed by atoms with Crippen molar-refractivity contribution in [2.45, 2.75) is 27.0 Å². The molecule has 186 valence electrons. The van der Waals surface area contributed by atoms with Gasteiger partial charge in [-0.1, -0.05) is 23.4 Å². The lowest BCUT2D eigenvalue weighted by atomic mass is 9.96. The van der Waals surface area contributed by atoms with E-state index in [1.165, 1.54) is 0 Å². The van der Waals surface area contributed by atoms with Crippen molar-refractivity contribution in [3.05, 3.63) is 77.7 Å². The molecule has 0 aliphatic rings. The molecule has 8 nitrogen and oxygen atoms in total. The number of nitrogens with zero attached hydrogens (tertiary/aromatic N) is 3. The Bertz CT molecular complexity index is 1360. The number of ether oxygens (including phenoxy) is 2. The van der Waals surface area contributed by atoms with Gasteiger partial charge >= 0.3 is 0 Å². The number of rotatable bonds is 8. The van der Waals surface area contributed by atoms with E-state index in [1.807, 2.05) is 63.2 Å². The Labute approximate surface area is 210 Å². The third-order valence-electron chi connectivity index (χ3n) is 5.92. The first-order valence-corrected chi connectivity index (χ1v) is 11.6. The molecule has 0 aliphatic carbocycles. The summed E-state index contributed by atoms with van der Waals surface area (Å²) in [5.41, 5.74) is 4.98. The van der Waals surface area contributed by atoms with E-state index in [4.69, 9.17) is 14.0 Å². The molecule has 1 heterocycles. The Morgan fingerprint density at radius 1 is 1.00 bits per heavy atom. The van der Waals surface area contributed by atoms with Crippen LogP contribution in [0.25, 0.3) is 22.5 Å². The molecule has 3 aromatic carbocycles. The van der Waals surface area contributed by atoms with E-state index in [0.717, 1.165) is 28.0 Å². The lowest BCUT2D eigenvalue weighted by Crippen LogP contribution is -2.31. The van der Waals surface area contributed by atoms with Gasteiger partial charge in [0.15, 0.2) is 0 Å². The van der Waals surface area contributed by atoms with Gasteiger partial charge in [-0.2, -0.15) is 4.98 Å². The largest absolute Gasteiger partial charge is 0.497 e. The zero-order valence-corrected chi connectivity index (χ0v) is 21.3. The van der Waals surface area contributed by atoms with Gasteiger partial charge in [0.1, 0.15) is 17.7 Å². The summed E-state index contributed by atoms with van der Waals surface area (Å²) in [5.74, 6) is 2.03. The van der Waals surface area contributed by atoms with Crippen LogP contribution in [0.15, 0.2) is 65.2 Å². The predicted molar refractivity (Wildman–Crippen MR) is 139 cm³/mol. The maximum absolute atomic E-state index is 13.2. The molecular formula is C28H30N4O4. The highest BCUT2D eigenvalue weighted by Gasteiger charge is 2.18. The number of carbonyl (C=O) groups excluding carboxylic acids is 1. The summed E-state index contributed by atoms with van der Waals surface area (Å²) < 4.78 is 16.5. The van der Waals surface area contributed by atoms with Crippen LogP contribution in [0, 0.1) is 13.8 Å². The van der Waals surface area contributed by atoms with Crippen molar-refractivity contribution >= 4 is 11.6 Å². The predicted octanol–water partition coefficient (Wildman–Crippen LogP) is 5.57. The summed E-state index contributed by atoms with van der Waals surface area (Å²) in [6.07, 6.45) is -0.238. The summed E-state index contributed by atoms with van der Waals surface area (Å²) in [4.78, 5) is 19.4. The van der Waals surface area contributed by atoms with Crippen molar-refractivity contribution in [3.63, 3.8) is 0 Å². The van der Waals surface area contributed by atoms with Crippen molar-refractivity contribution in [2.75, 3.05) is 26.5 Å². The summed E-state index contributed by atoms with van der Waals surface area (Å²) in [5, 5.41) is 6.95. The standard InChI is InChI=1S/C28H30N4O4/c1-17-15-21(27-29-18(2)36-31-27)8-13-24(17)20-7-14-25(26(16-20)35-19(3)32(4)5)28(33)30-22-9-11-23(34-6)12-10-22/h7-16,19H,1-6H3,(H,30,33). The van der Waals surface area contributed by atoms with Gasteiger partial charge in [-0.3, -0.25) is 9.69 Å². The maximum Gasteiger partial charge on any atom is 0.259 e. The van der Waals surface area contributed by atoms with Crippen LogP contribution < -0.4 is 14.8 Å². The Morgan fingerprint density at radius 2 is 1.72 bits per heavy atom. The fourth-order valence-corrected chi connectivity index (χ4v) is 3.68. The van der Waals surface area contributed by atoms with E-state index < -0.39 is 0 Å². The topological polar surface area (TPSA) is 89.7 Å². The Morgan fingerprint density at radius 3 is 2.33 bits per heavy atom. The highest BCUT2D eigenvalue weighted by Crippen LogP contribution is 2.32. The SMILES string of the molecule is COc1ccc(NC(=O)c2ccc(-c3ccc(-c4noc(C)n4)cc3C)cc2OC(C)N(C)C)cc1. The Balaban J connectivity index is 1.66. The first kappa shape index (κ1) is 24.9. The Hall–Kier alpha value is -4.17. The molecule has 0 saturated heterocycles. The van der Waals surface area contributed by atoms with Crippen LogP contribution in [0.4, 0.5) is 5.69 Å². The summed E-state index contributed by atoms with van der Waals surface area (Å²) in [7, 11) is 5.45. The minimum Gasteiger partial charge on any atom is -0.497 e. The number of benzene rings is 3. The molecule has 0 bridgehead atoms. The highest BCUT2D eigenvalue weighted by molar-refractivity contribution is 6.06. The van der Waals surface area contributed by atoms with E-state index >= 15 is 0 Å². The Kier molecular flexibility index (Phi) is 7.36. The number of amides is 1. The lowest BCUT2D eigenvalue weighted by Gasteiger charge is -2.23. The normalized spacial score (nSPS) is 11.9. The van der Waals surface area contributed by atoms with Gasteiger partial charge in [-0.05, 0) is 87.1 Å². The average Bonchev–Trinajstić information content (AvgIpc) is 3.30. The van der Waals surface area contributed by atoms with Crippen molar-refractivity contribution in [1.82, 2.24) is 15.0 Å². The lowest BCUT2D eigenvalue weighted by molar-refractivity contribution is 0.0791. The molecule has 0 radical (unpaired) electrons. The van der Waals surface area contributed by atoms with Gasteiger partial charge in [0, 0.05) is 18.2 Å². The molecule has 0 spiro atoms. The number of methoxy groups -OCH3 is 1. The molecule has 0 fully saturated rings. The zero-order chi connectivity index (χ0) is 25.8. The van der Waals surface area contributed by atoms with Gasteiger partial charge in [-0.25, -0.2) is 0 Å². The number of nitrogens with one attached hydrogen (secondary N) is 1. The molecule has 1 atom stereocenters. The van der Waals surface area contributed by atoms with Gasteiger partial charge in [-0.15, -0.1) is 0 Å². The van der Waals surface area contributed by atoms with Crippen LogP contribution in [-0.4, -0.2) is 48.4 Å². The number of aryl methyl sites for hydroxylation is 2.